The smallest absolute Gasteiger partial charge is 0.0705 e. The second-order valence-corrected chi connectivity index (χ2v) is 5.77. The summed E-state index contributed by atoms with van der Waals surface area (Å²) in [6.45, 7) is 4.44. The van der Waals surface area contributed by atoms with Gasteiger partial charge in [-0.25, -0.2) is 0 Å². The van der Waals surface area contributed by atoms with Crippen LogP contribution in [0.25, 0.3) is 11.3 Å². The lowest BCUT2D eigenvalue weighted by molar-refractivity contribution is 0.618. The molecule has 0 aliphatic heterocycles. The van der Waals surface area contributed by atoms with E-state index in [0.29, 0.717) is 0 Å². The molecule has 0 atom stereocenters. The molecule has 0 saturated heterocycles. The SMILES string of the molecule is CC(C)(c1ccccc1)c1cccc(-c2ccccc2)n1. The second-order valence-electron chi connectivity index (χ2n) is 5.77. The minimum atomic E-state index is -0.105. The Morgan fingerprint density at radius 3 is 1.95 bits per heavy atom. The number of rotatable bonds is 3. The molecule has 3 rings (SSSR count). The molecule has 1 aromatic heterocycles. The highest BCUT2D eigenvalue weighted by Crippen LogP contribution is 2.31. The molecule has 21 heavy (non-hydrogen) atoms. The van der Waals surface area contributed by atoms with Crippen molar-refractivity contribution in [2.75, 3.05) is 0 Å². The van der Waals surface area contributed by atoms with Gasteiger partial charge in [0.2, 0.25) is 0 Å². The number of hydrogen-bond acceptors (Lipinski definition) is 1. The van der Waals surface area contributed by atoms with E-state index in [-0.39, 0.29) is 5.41 Å². The summed E-state index contributed by atoms with van der Waals surface area (Å²) >= 11 is 0. The molecule has 0 amide bonds. The lowest BCUT2D eigenvalue weighted by Gasteiger charge is -2.25. The highest BCUT2D eigenvalue weighted by molar-refractivity contribution is 5.59. The van der Waals surface area contributed by atoms with Gasteiger partial charge < -0.3 is 0 Å². The van der Waals surface area contributed by atoms with Gasteiger partial charge in [0, 0.05) is 11.0 Å². The van der Waals surface area contributed by atoms with Gasteiger partial charge in [-0.15, -0.1) is 0 Å². The fourth-order valence-electron chi connectivity index (χ4n) is 2.56. The second kappa shape index (κ2) is 5.53. The summed E-state index contributed by atoms with van der Waals surface area (Å²) in [5, 5.41) is 0. The quantitative estimate of drug-likeness (QED) is 0.649. The summed E-state index contributed by atoms with van der Waals surface area (Å²) in [6.07, 6.45) is 0. The number of hydrogen-bond donors (Lipinski definition) is 0. The fourth-order valence-corrected chi connectivity index (χ4v) is 2.56. The van der Waals surface area contributed by atoms with E-state index in [2.05, 4.69) is 68.4 Å². The monoisotopic (exact) mass is 273 g/mol. The molecular weight excluding hydrogens is 254 g/mol. The molecule has 3 aromatic rings. The summed E-state index contributed by atoms with van der Waals surface area (Å²) in [6, 6.07) is 27.1. The molecule has 0 radical (unpaired) electrons. The third kappa shape index (κ3) is 2.73. The van der Waals surface area contributed by atoms with Gasteiger partial charge in [0.15, 0.2) is 0 Å². The average Bonchev–Trinajstić information content (AvgIpc) is 2.57. The molecule has 104 valence electrons. The molecular formula is C20H19N. The number of aromatic nitrogens is 1. The molecule has 0 unspecified atom stereocenters. The minimum Gasteiger partial charge on any atom is -0.252 e. The van der Waals surface area contributed by atoms with Crippen LogP contribution in [-0.4, -0.2) is 4.98 Å². The lowest BCUT2D eigenvalue weighted by Crippen LogP contribution is -2.20. The van der Waals surface area contributed by atoms with Gasteiger partial charge in [0.1, 0.15) is 0 Å². The van der Waals surface area contributed by atoms with Crippen LogP contribution in [0.1, 0.15) is 25.1 Å². The zero-order valence-corrected chi connectivity index (χ0v) is 12.5. The Kier molecular flexibility index (Phi) is 3.57. The highest BCUT2D eigenvalue weighted by Gasteiger charge is 2.24. The van der Waals surface area contributed by atoms with Crippen molar-refractivity contribution in [3.05, 3.63) is 90.1 Å². The summed E-state index contributed by atoms with van der Waals surface area (Å²) in [5.74, 6) is 0. The highest BCUT2D eigenvalue weighted by atomic mass is 14.7. The zero-order chi connectivity index (χ0) is 14.7. The van der Waals surface area contributed by atoms with Gasteiger partial charge in [0.25, 0.3) is 0 Å². The Bertz CT molecular complexity index is 715. The Hall–Kier alpha value is -2.41. The molecule has 1 nitrogen and oxygen atoms in total. The van der Waals surface area contributed by atoms with Crippen LogP contribution in [-0.2, 0) is 5.41 Å². The Morgan fingerprint density at radius 2 is 1.29 bits per heavy atom. The molecule has 0 spiro atoms. The van der Waals surface area contributed by atoms with Crippen molar-refractivity contribution in [3.63, 3.8) is 0 Å². The van der Waals surface area contributed by atoms with Gasteiger partial charge in [0.05, 0.1) is 11.4 Å². The summed E-state index contributed by atoms with van der Waals surface area (Å²) in [7, 11) is 0. The third-order valence-electron chi connectivity index (χ3n) is 3.95. The largest absolute Gasteiger partial charge is 0.252 e. The van der Waals surface area contributed by atoms with Crippen molar-refractivity contribution < 1.29 is 0 Å². The lowest BCUT2D eigenvalue weighted by atomic mass is 9.81. The number of nitrogens with zero attached hydrogens (tertiary/aromatic N) is 1. The molecule has 0 N–H and O–H groups in total. The van der Waals surface area contributed by atoms with Gasteiger partial charge >= 0.3 is 0 Å². The first-order chi connectivity index (χ1) is 10.2. The Morgan fingerprint density at radius 1 is 0.667 bits per heavy atom. The van der Waals surface area contributed by atoms with Gasteiger partial charge in [-0.1, -0.05) is 80.6 Å². The van der Waals surface area contributed by atoms with E-state index < -0.39 is 0 Å². The molecule has 1 heterocycles. The van der Waals surface area contributed by atoms with E-state index in [1.165, 1.54) is 5.56 Å². The zero-order valence-electron chi connectivity index (χ0n) is 12.5. The van der Waals surface area contributed by atoms with E-state index >= 15 is 0 Å². The minimum absolute atomic E-state index is 0.105. The van der Waals surface area contributed by atoms with E-state index in [1.807, 2.05) is 24.3 Å². The van der Waals surface area contributed by atoms with Crippen LogP contribution in [0.5, 0.6) is 0 Å². The molecule has 1 heteroatoms. The van der Waals surface area contributed by atoms with Crippen LogP contribution >= 0.6 is 0 Å². The normalized spacial score (nSPS) is 11.3. The van der Waals surface area contributed by atoms with Crippen LogP contribution in [0.4, 0.5) is 0 Å². The summed E-state index contributed by atoms with van der Waals surface area (Å²) in [4.78, 5) is 4.89. The van der Waals surface area contributed by atoms with E-state index in [0.717, 1.165) is 17.0 Å². The topological polar surface area (TPSA) is 12.9 Å². The van der Waals surface area contributed by atoms with Crippen molar-refractivity contribution >= 4 is 0 Å². The Balaban J connectivity index is 2.04. The number of benzene rings is 2. The predicted molar refractivity (Wildman–Crippen MR) is 88.2 cm³/mol. The molecule has 0 aliphatic carbocycles. The van der Waals surface area contributed by atoms with Gasteiger partial charge in [-0.3, -0.25) is 4.98 Å². The van der Waals surface area contributed by atoms with E-state index in [9.17, 15) is 0 Å². The Labute approximate surface area is 126 Å². The first-order valence-electron chi connectivity index (χ1n) is 7.26. The molecule has 0 saturated carbocycles. The first kappa shape index (κ1) is 13.6. The van der Waals surface area contributed by atoms with Gasteiger partial charge in [-0.05, 0) is 17.7 Å². The molecule has 0 bridgehead atoms. The summed E-state index contributed by atoms with van der Waals surface area (Å²) < 4.78 is 0. The van der Waals surface area contributed by atoms with Crippen LogP contribution in [0.3, 0.4) is 0 Å². The molecule has 0 fully saturated rings. The van der Waals surface area contributed by atoms with Crippen LogP contribution < -0.4 is 0 Å². The van der Waals surface area contributed by atoms with Crippen LogP contribution in [0.2, 0.25) is 0 Å². The van der Waals surface area contributed by atoms with Crippen molar-refractivity contribution in [3.8, 4) is 11.3 Å². The average molecular weight is 273 g/mol. The molecule has 0 aliphatic rings. The van der Waals surface area contributed by atoms with Gasteiger partial charge in [-0.2, -0.15) is 0 Å². The van der Waals surface area contributed by atoms with Crippen molar-refractivity contribution in [2.24, 2.45) is 0 Å². The van der Waals surface area contributed by atoms with E-state index in [4.69, 9.17) is 4.98 Å². The summed E-state index contributed by atoms with van der Waals surface area (Å²) in [5.41, 5.74) is 4.45. The predicted octanol–water partition coefficient (Wildman–Crippen LogP) is 5.07. The van der Waals surface area contributed by atoms with Crippen molar-refractivity contribution in [1.29, 1.82) is 0 Å². The number of pyridine rings is 1. The molecule has 2 aromatic carbocycles. The van der Waals surface area contributed by atoms with E-state index in [1.54, 1.807) is 0 Å². The van der Waals surface area contributed by atoms with Crippen LogP contribution in [0, 0.1) is 0 Å². The maximum Gasteiger partial charge on any atom is 0.0705 e. The fraction of sp³-hybridized carbons (Fsp3) is 0.150. The van der Waals surface area contributed by atoms with Crippen molar-refractivity contribution in [2.45, 2.75) is 19.3 Å². The first-order valence-corrected chi connectivity index (χ1v) is 7.26. The maximum atomic E-state index is 4.89. The van der Waals surface area contributed by atoms with Crippen molar-refractivity contribution in [1.82, 2.24) is 4.98 Å². The third-order valence-corrected chi connectivity index (χ3v) is 3.95. The maximum absolute atomic E-state index is 4.89. The standard InChI is InChI=1S/C20H19N/c1-20(2,17-12-7-4-8-13-17)19-15-9-14-18(21-19)16-10-5-3-6-11-16/h3-15H,1-2H3. The van der Waals surface area contributed by atoms with Crippen LogP contribution in [0.15, 0.2) is 78.9 Å².